The normalized spacial score (nSPS) is 14.1. The Kier molecular flexibility index (Phi) is 10.9. The van der Waals surface area contributed by atoms with Crippen molar-refractivity contribution in [2.45, 2.75) is 105 Å². The highest BCUT2D eigenvalue weighted by Crippen LogP contribution is 2.27. The lowest BCUT2D eigenvalue weighted by Gasteiger charge is -2.35. The van der Waals surface area contributed by atoms with Gasteiger partial charge < -0.3 is 20.3 Å². The van der Waals surface area contributed by atoms with Crippen molar-refractivity contribution in [1.29, 1.82) is 0 Å². The Bertz CT molecular complexity index is 816. The molecule has 0 saturated heterocycles. The summed E-state index contributed by atoms with van der Waals surface area (Å²) in [6.45, 7) is 17.2. The van der Waals surface area contributed by atoms with Gasteiger partial charge in [0.15, 0.2) is 0 Å². The van der Waals surface area contributed by atoms with Gasteiger partial charge in [0.1, 0.15) is 17.7 Å². The lowest BCUT2D eigenvalue weighted by Crippen LogP contribution is -2.53. The Balaban J connectivity index is 3.33. The van der Waals surface area contributed by atoms with Crippen LogP contribution in [0.5, 0.6) is 0 Å². The minimum atomic E-state index is -0.847. The zero-order chi connectivity index (χ0) is 25.3. The molecule has 1 rings (SSSR count). The molecule has 0 aliphatic rings. The zero-order valence-electron chi connectivity index (χ0n) is 21.9. The van der Waals surface area contributed by atoms with Crippen LogP contribution in [0.3, 0.4) is 0 Å². The maximum Gasteiger partial charge on any atom is 0.408 e. The molecule has 7 heteroatoms. The molecule has 0 bridgehead atoms. The summed E-state index contributed by atoms with van der Waals surface area (Å²) in [4.78, 5) is 40.9. The van der Waals surface area contributed by atoms with E-state index < -0.39 is 23.8 Å². The van der Waals surface area contributed by atoms with Crippen LogP contribution in [0.25, 0.3) is 0 Å². The van der Waals surface area contributed by atoms with Crippen molar-refractivity contribution >= 4 is 17.9 Å². The van der Waals surface area contributed by atoms with Gasteiger partial charge in [0, 0.05) is 12.6 Å². The fourth-order valence-electron chi connectivity index (χ4n) is 3.73. The summed E-state index contributed by atoms with van der Waals surface area (Å²) in [6.07, 6.45) is 1.81. The van der Waals surface area contributed by atoms with Crippen LogP contribution in [0.4, 0.5) is 4.79 Å². The van der Waals surface area contributed by atoms with E-state index in [-0.39, 0.29) is 17.9 Å². The Morgan fingerprint density at radius 2 is 1.67 bits per heavy atom. The summed E-state index contributed by atoms with van der Waals surface area (Å²) in [5, 5.41) is 5.71. The van der Waals surface area contributed by atoms with Gasteiger partial charge in [-0.2, -0.15) is 0 Å². The Hall–Kier alpha value is -2.57. The van der Waals surface area contributed by atoms with Crippen molar-refractivity contribution in [3.05, 3.63) is 34.9 Å². The van der Waals surface area contributed by atoms with Crippen molar-refractivity contribution in [2.75, 3.05) is 6.54 Å². The summed E-state index contributed by atoms with van der Waals surface area (Å²) < 4.78 is 5.31. The predicted molar refractivity (Wildman–Crippen MR) is 132 cm³/mol. The maximum absolute atomic E-state index is 13.5. The number of amides is 3. The van der Waals surface area contributed by atoms with E-state index in [9.17, 15) is 14.4 Å². The monoisotopic (exact) mass is 461 g/mol. The molecule has 0 spiro atoms. The van der Waals surface area contributed by atoms with Crippen molar-refractivity contribution in [1.82, 2.24) is 15.5 Å². The van der Waals surface area contributed by atoms with E-state index in [0.717, 1.165) is 29.5 Å². The van der Waals surface area contributed by atoms with Gasteiger partial charge in [-0.05, 0) is 72.4 Å². The number of hydrogen-bond acceptors (Lipinski definition) is 4. The van der Waals surface area contributed by atoms with Gasteiger partial charge in [-0.15, -0.1) is 0 Å². The van der Waals surface area contributed by atoms with Crippen LogP contribution in [-0.4, -0.2) is 47.0 Å². The highest BCUT2D eigenvalue weighted by molar-refractivity contribution is 5.92. The average Bonchev–Trinajstić information content (AvgIpc) is 2.68. The number of nitrogens with one attached hydrogen (secondary N) is 2. The molecule has 3 atom stereocenters. The lowest BCUT2D eigenvalue weighted by atomic mass is 9.95. The van der Waals surface area contributed by atoms with Gasteiger partial charge in [-0.25, -0.2) is 4.79 Å². The minimum absolute atomic E-state index is 0.00833. The van der Waals surface area contributed by atoms with E-state index in [1.807, 2.05) is 45.9 Å². The molecular formula is C26H43N3O4. The molecule has 0 fully saturated rings. The van der Waals surface area contributed by atoms with E-state index in [1.54, 1.807) is 32.6 Å². The van der Waals surface area contributed by atoms with Crippen molar-refractivity contribution < 1.29 is 19.1 Å². The average molecular weight is 462 g/mol. The SMILES string of the molecule is CCCC(C)NC(=O)C(c1cc(C)ccc1C)N(CCC)C(=O)C(C)NC(=O)OC(C)(C)C. The molecule has 0 aliphatic heterocycles. The van der Waals surface area contributed by atoms with E-state index in [4.69, 9.17) is 4.74 Å². The van der Waals surface area contributed by atoms with Crippen molar-refractivity contribution in [3.63, 3.8) is 0 Å². The summed E-state index contributed by atoms with van der Waals surface area (Å²) in [5.74, 6) is -0.539. The largest absolute Gasteiger partial charge is 0.444 e. The number of carbonyl (C=O) groups is 3. The van der Waals surface area contributed by atoms with Gasteiger partial charge in [0.25, 0.3) is 0 Å². The first-order valence-corrected chi connectivity index (χ1v) is 12.0. The highest BCUT2D eigenvalue weighted by atomic mass is 16.6. The standard InChI is InChI=1S/C26H43N3O4/c1-10-12-19(5)27-23(30)22(21-16-17(3)13-14-18(21)4)29(15-11-2)24(31)20(6)28-25(32)33-26(7,8)9/h13-14,16,19-20,22H,10-12,15H2,1-9H3,(H,27,30)(H,28,32). The van der Waals surface area contributed by atoms with Crippen LogP contribution in [0, 0.1) is 13.8 Å². The molecule has 0 aromatic heterocycles. The van der Waals surface area contributed by atoms with Gasteiger partial charge in [0.2, 0.25) is 11.8 Å². The van der Waals surface area contributed by atoms with Crippen molar-refractivity contribution in [3.8, 4) is 0 Å². The minimum Gasteiger partial charge on any atom is -0.444 e. The van der Waals surface area contributed by atoms with E-state index in [1.165, 1.54) is 0 Å². The van der Waals surface area contributed by atoms with Crippen LogP contribution in [0.15, 0.2) is 18.2 Å². The smallest absolute Gasteiger partial charge is 0.408 e. The number of ether oxygens (including phenoxy) is 1. The first-order valence-electron chi connectivity index (χ1n) is 12.0. The van der Waals surface area contributed by atoms with Crippen LogP contribution < -0.4 is 10.6 Å². The molecule has 1 aromatic rings. The number of aryl methyl sites for hydroxylation is 2. The summed E-state index contributed by atoms with van der Waals surface area (Å²) in [6, 6.07) is 4.28. The molecule has 7 nitrogen and oxygen atoms in total. The Morgan fingerprint density at radius 1 is 1.03 bits per heavy atom. The summed E-state index contributed by atoms with van der Waals surface area (Å²) >= 11 is 0. The topological polar surface area (TPSA) is 87.7 Å². The fraction of sp³-hybridized carbons (Fsp3) is 0.654. The lowest BCUT2D eigenvalue weighted by molar-refractivity contribution is -0.142. The molecule has 0 aliphatic carbocycles. The highest BCUT2D eigenvalue weighted by Gasteiger charge is 2.35. The molecule has 186 valence electrons. The zero-order valence-corrected chi connectivity index (χ0v) is 21.9. The number of nitrogens with zero attached hydrogens (tertiary/aromatic N) is 1. The third-order valence-electron chi connectivity index (χ3n) is 5.25. The second-order valence-electron chi connectivity index (χ2n) is 9.86. The molecule has 3 unspecified atom stereocenters. The van der Waals surface area contributed by atoms with Crippen molar-refractivity contribution in [2.24, 2.45) is 0 Å². The van der Waals surface area contributed by atoms with E-state index >= 15 is 0 Å². The van der Waals surface area contributed by atoms with Crippen LogP contribution in [0.1, 0.15) is 90.5 Å². The van der Waals surface area contributed by atoms with Gasteiger partial charge in [-0.3, -0.25) is 9.59 Å². The molecular weight excluding hydrogens is 418 g/mol. The summed E-state index contributed by atoms with van der Waals surface area (Å²) in [7, 11) is 0. The summed E-state index contributed by atoms with van der Waals surface area (Å²) in [5.41, 5.74) is 2.07. The molecule has 0 saturated carbocycles. The Morgan fingerprint density at radius 3 is 2.21 bits per heavy atom. The van der Waals surface area contributed by atoms with E-state index in [2.05, 4.69) is 17.6 Å². The first-order chi connectivity index (χ1) is 15.3. The molecule has 3 amide bonds. The van der Waals surface area contributed by atoms with Gasteiger partial charge in [0.05, 0.1) is 0 Å². The molecule has 33 heavy (non-hydrogen) atoms. The van der Waals surface area contributed by atoms with Crippen LogP contribution in [-0.2, 0) is 14.3 Å². The quantitative estimate of drug-likeness (QED) is 0.524. The second-order valence-corrected chi connectivity index (χ2v) is 9.86. The molecule has 2 N–H and O–H groups in total. The molecule has 0 heterocycles. The molecule has 1 aromatic carbocycles. The fourth-order valence-corrected chi connectivity index (χ4v) is 3.73. The van der Waals surface area contributed by atoms with Crippen LogP contribution in [0.2, 0.25) is 0 Å². The first kappa shape index (κ1) is 28.5. The van der Waals surface area contributed by atoms with Gasteiger partial charge >= 0.3 is 6.09 Å². The maximum atomic E-state index is 13.5. The predicted octanol–water partition coefficient (Wildman–Crippen LogP) is 4.80. The van der Waals surface area contributed by atoms with Crippen LogP contribution >= 0.6 is 0 Å². The van der Waals surface area contributed by atoms with Gasteiger partial charge in [-0.1, -0.05) is 44.0 Å². The number of alkyl carbamates (subject to hydrolysis) is 1. The number of carbonyl (C=O) groups excluding carboxylic acids is 3. The molecule has 0 radical (unpaired) electrons. The Labute approximate surface area is 199 Å². The third-order valence-corrected chi connectivity index (χ3v) is 5.25. The number of hydrogen-bond donors (Lipinski definition) is 2. The number of rotatable bonds is 10. The third kappa shape index (κ3) is 9.06. The number of benzene rings is 1. The second kappa shape index (κ2) is 12.6. The van der Waals surface area contributed by atoms with E-state index in [0.29, 0.717) is 13.0 Å².